The van der Waals surface area contributed by atoms with Crippen LogP contribution < -0.4 is 38.2 Å². The van der Waals surface area contributed by atoms with Gasteiger partial charge in [0, 0.05) is 27.5 Å². The van der Waals surface area contributed by atoms with Gasteiger partial charge in [-0.2, -0.15) is 0 Å². The van der Waals surface area contributed by atoms with Crippen LogP contribution in [0, 0.1) is 0 Å². The van der Waals surface area contributed by atoms with Gasteiger partial charge in [-0.25, -0.2) is 15.0 Å². The summed E-state index contributed by atoms with van der Waals surface area (Å²) in [4.78, 5) is 14.9. The molecular formula is C45H36B7N3O. The summed E-state index contributed by atoms with van der Waals surface area (Å²) in [6.07, 6.45) is 0. The molecule has 2 aromatic heterocycles. The Balaban J connectivity index is 1.09. The van der Waals surface area contributed by atoms with Gasteiger partial charge in [0.2, 0.25) is 0 Å². The topological polar surface area (TPSA) is 51.8 Å². The molecule has 7 aromatic carbocycles. The maximum absolute atomic E-state index is 6.78. The van der Waals surface area contributed by atoms with Crippen LogP contribution >= 0.6 is 0 Å². The zero-order chi connectivity index (χ0) is 38.7. The lowest BCUT2D eigenvalue weighted by atomic mass is 9.64. The molecule has 4 nitrogen and oxygen atoms in total. The number of aromatic nitrogens is 3. The van der Waals surface area contributed by atoms with E-state index in [1.165, 1.54) is 65.7 Å². The monoisotopic (exact) mass is 711 g/mol. The van der Waals surface area contributed by atoms with E-state index in [1.54, 1.807) is 0 Å². The van der Waals surface area contributed by atoms with Gasteiger partial charge in [-0.15, -0.1) is 5.46 Å². The maximum Gasteiger partial charge on any atom is 0.164 e. The first-order chi connectivity index (χ1) is 27.2. The molecule has 0 radical (unpaired) electrons. The van der Waals surface area contributed by atoms with E-state index in [-0.39, 0.29) is 0 Å². The molecule has 0 atom stereocenters. The number of hydrogen-bond acceptors (Lipinski definition) is 4. The normalized spacial score (nSPS) is 11.4. The molecule has 0 bridgehead atoms. The zero-order valence-electron chi connectivity index (χ0n) is 33.0. The van der Waals surface area contributed by atoms with Crippen LogP contribution in [0.5, 0.6) is 0 Å². The Hall–Kier alpha value is -6.20. The number of rotatable bonds is 6. The molecule has 56 heavy (non-hydrogen) atoms. The summed E-state index contributed by atoms with van der Waals surface area (Å²) in [5, 5.41) is 2.50. The Labute approximate surface area is 334 Å². The van der Waals surface area contributed by atoms with Gasteiger partial charge in [-0.3, -0.25) is 0 Å². The Morgan fingerprint density at radius 2 is 0.679 bits per heavy atom. The van der Waals surface area contributed by atoms with Crippen molar-refractivity contribution < 1.29 is 4.42 Å². The maximum atomic E-state index is 6.78. The van der Waals surface area contributed by atoms with Crippen LogP contribution in [0.3, 0.4) is 0 Å². The van der Waals surface area contributed by atoms with Crippen molar-refractivity contribution in [2.75, 3.05) is 0 Å². The molecule has 0 saturated carbocycles. The number of nitrogens with zero attached hydrogens (tertiary/aromatic N) is 3. The summed E-state index contributed by atoms with van der Waals surface area (Å²) < 4.78 is 6.78. The molecule has 9 rings (SSSR count). The highest BCUT2D eigenvalue weighted by Gasteiger charge is 2.22. The Kier molecular flexibility index (Phi) is 8.97. The molecule has 0 saturated heterocycles. The van der Waals surface area contributed by atoms with Crippen LogP contribution in [0.4, 0.5) is 0 Å². The van der Waals surface area contributed by atoms with Crippen molar-refractivity contribution in [1.29, 1.82) is 0 Å². The van der Waals surface area contributed by atoms with E-state index in [0.717, 1.165) is 44.5 Å². The minimum Gasteiger partial charge on any atom is -0.457 e. The van der Waals surface area contributed by atoms with Gasteiger partial charge in [-0.1, -0.05) is 155 Å². The molecule has 0 aliphatic rings. The lowest BCUT2D eigenvalue weighted by Gasteiger charge is -2.17. The molecule has 0 spiro atoms. The highest BCUT2D eigenvalue weighted by molar-refractivity contribution is 6.69. The lowest BCUT2D eigenvalue weighted by Crippen LogP contribution is -2.47. The van der Waals surface area contributed by atoms with Gasteiger partial charge in [0.15, 0.2) is 17.5 Å². The minimum absolute atomic E-state index is 0.637. The molecule has 0 fully saturated rings. The average Bonchev–Trinajstić information content (AvgIpc) is 3.67. The second-order valence-corrected chi connectivity index (χ2v) is 15.0. The third kappa shape index (κ3) is 6.03. The molecule has 9 aromatic rings. The first-order valence-corrected chi connectivity index (χ1v) is 19.3. The minimum atomic E-state index is 0.637. The van der Waals surface area contributed by atoms with Gasteiger partial charge in [-0.05, 0) is 44.9 Å². The van der Waals surface area contributed by atoms with Crippen LogP contribution in [0.25, 0.3) is 89.5 Å². The highest BCUT2D eigenvalue weighted by Crippen LogP contribution is 2.31. The Bertz CT molecular complexity index is 2970. The fourth-order valence-corrected chi connectivity index (χ4v) is 8.26. The van der Waals surface area contributed by atoms with E-state index >= 15 is 0 Å². The number of furan rings is 1. The molecule has 0 unspecified atom stereocenters. The van der Waals surface area contributed by atoms with E-state index < -0.39 is 0 Å². The van der Waals surface area contributed by atoms with Crippen LogP contribution in [0.15, 0.2) is 138 Å². The van der Waals surface area contributed by atoms with Gasteiger partial charge in [0.1, 0.15) is 66.1 Å². The molecule has 258 valence electrons. The first-order valence-electron chi connectivity index (χ1n) is 19.3. The highest BCUT2D eigenvalue weighted by atomic mass is 16.3. The van der Waals surface area contributed by atoms with E-state index in [2.05, 4.69) is 152 Å². The SMILES string of the molecule is Bc1c(B)c(B)c2c(oc3c(B)c(-c4cccc(-c5ccc(-c6nc(-c7ccccc7)nc(-c7ccc(-c8ccccc8)cc7)n6)cc5)c4)c(B)c(B)c32)c1B. The summed E-state index contributed by atoms with van der Waals surface area (Å²) in [5.41, 5.74) is 20.8. The fraction of sp³-hybridized carbons (Fsp3) is 0. The standard InChI is InChI=1S/C45H36B7N3O/c46-34-31(37(49)41-32(35(34)47)33-36(48)38(50)39(51)40(52)42(33)56-41)30-13-7-12-29(22-30)25-16-20-28(21-17-25)45-54-43(26-10-5-2-6-11-26)53-44(55-45)27-18-14-24(15-19-27)23-8-3-1-4-9-23/h1-22H,46-52H2. The van der Waals surface area contributed by atoms with Crippen LogP contribution in [0.2, 0.25) is 0 Å². The summed E-state index contributed by atoms with van der Waals surface area (Å²) in [6.45, 7) is 0. The zero-order valence-corrected chi connectivity index (χ0v) is 33.0. The van der Waals surface area contributed by atoms with Gasteiger partial charge in [0.25, 0.3) is 0 Å². The van der Waals surface area contributed by atoms with Crippen molar-refractivity contribution in [3.63, 3.8) is 0 Å². The van der Waals surface area contributed by atoms with Crippen LogP contribution in [-0.2, 0) is 0 Å². The second-order valence-electron chi connectivity index (χ2n) is 15.0. The summed E-state index contributed by atoms with van der Waals surface area (Å²) in [7, 11) is 15.6. The van der Waals surface area contributed by atoms with Crippen molar-refractivity contribution >= 4 is 115 Å². The predicted octanol–water partition coefficient (Wildman–Crippen LogP) is -0.418. The van der Waals surface area contributed by atoms with E-state index in [0.29, 0.717) is 17.5 Å². The van der Waals surface area contributed by atoms with Crippen LogP contribution in [-0.4, -0.2) is 69.9 Å². The predicted molar refractivity (Wildman–Crippen MR) is 257 cm³/mol. The number of benzene rings is 7. The van der Waals surface area contributed by atoms with Gasteiger partial charge in [0.05, 0.1) is 0 Å². The lowest BCUT2D eigenvalue weighted by molar-refractivity contribution is 0.675. The summed E-state index contributed by atoms with van der Waals surface area (Å²) in [5.74, 6) is 1.92. The van der Waals surface area contributed by atoms with Crippen molar-refractivity contribution in [2.45, 2.75) is 0 Å². The van der Waals surface area contributed by atoms with Crippen molar-refractivity contribution in [3.8, 4) is 67.5 Å². The number of hydrogen-bond donors (Lipinski definition) is 0. The van der Waals surface area contributed by atoms with Crippen molar-refractivity contribution in [2.24, 2.45) is 0 Å². The number of fused-ring (bicyclic) bond motifs is 3. The van der Waals surface area contributed by atoms with E-state index in [4.69, 9.17) is 19.4 Å². The van der Waals surface area contributed by atoms with E-state index in [1.807, 2.05) is 36.4 Å². The Morgan fingerprint density at radius 3 is 1.23 bits per heavy atom. The molecule has 0 N–H and O–H groups in total. The average molecular weight is 710 g/mol. The quantitative estimate of drug-likeness (QED) is 0.221. The fourth-order valence-electron chi connectivity index (χ4n) is 8.26. The van der Waals surface area contributed by atoms with Gasteiger partial charge >= 0.3 is 0 Å². The molecular weight excluding hydrogens is 674 g/mol. The summed E-state index contributed by atoms with van der Waals surface area (Å²) >= 11 is 0. The van der Waals surface area contributed by atoms with Crippen LogP contribution in [0.1, 0.15) is 0 Å². The van der Waals surface area contributed by atoms with E-state index in [9.17, 15) is 0 Å². The van der Waals surface area contributed by atoms with Crippen molar-refractivity contribution in [1.82, 2.24) is 15.0 Å². The first kappa shape index (κ1) is 35.5. The largest absolute Gasteiger partial charge is 0.457 e. The smallest absolute Gasteiger partial charge is 0.164 e. The molecule has 0 aliphatic heterocycles. The third-order valence-corrected chi connectivity index (χ3v) is 11.9. The Morgan fingerprint density at radius 1 is 0.304 bits per heavy atom. The molecule has 2 heterocycles. The summed E-state index contributed by atoms with van der Waals surface area (Å²) in [6, 6.07) is 46.4. The third-order valence-electron chi connectivity index (χ3n) is 11.9. The molecule has 11 heteroatoms. The van der Waals surface area contributed by atoms with Gasteiger partial charge < -0.3 is 4.42 Å². The van der Waals surface area contributed by atoms with Crippen molar-refractivity contribution in [3.05, 3.63) is 133 Å². The second kappa shape index (κ2) is 14.1. The molecule has 0 amide bonds. The molecule has 0 aliphatic carbocycles.